The third-order valence-corrected chi connectivity index (χ3v) is 6.87. The summed E-state index contributed by atoms with van der Waals surface area (Å²) < 4.78 is -0.848. The van der Waals surface area contributed by atoms with Crippen molar-refractivity contribution >= 4 is 79.7 Å². The van der Waals surface area contributed by atoms with Crippen molar-refractivity contribution in [2.24, 2.45) is 0 Å². The van der Waals surface area contributed by atoms with Crippen LogP contribution in [0.15, 0.2) is 28.7 Å². The lowest BCUT2D eigenvalue weighted by Gasteiger charge is -2.27. The molecule has 0 heterocycles. The predicted octanol–water partition coefficient (Wildman–Crippen LogP) is 9.03. The molecule has 0 aliphatic carbocycles. The zero-order chi connectivity index (χ0) is 25.2. The molecule has 1 aromatic rings. The highest BCUT2D eigenvalue weighted by Gasteiger charge is 2.34. The second kappa shape index (κ2) is 18.9. The topological polar surface area (TPSA) is 53.2 Å². The number of halogens is 4. The molecule has 3 N–H and O–H groups in total. The summed E-state index contributed by atoms with van der Waals surface area (Å²) in [6, 6.07) is 7.50. The minimum atomic E-state index is -1.76. The van der Waals surface area contributed by atoms with E-state index in [-0.39, 0.29) is 11.0 Å². The van der Waals surface area contributed by atoms with E-state index in [2.05, 4.69) is 38.8 Å². The second-order valence-corrected chi connectivity index (χ2v) is 12.3. The van der Waals surface area contributed by atoms with E-state index in [0.717, 1.165) is 29.4 Å². The summed E-state index contributed by atoms with van der Waals surface area (Å²) in [5.41, 5.74) is 0.772. The third-order valence-electron chi connectivity index (χ3n) is 5.50. The standard InChI is InChI=1S/C25H39BrCl3N3OS/c1-2-3-4-5-6-7-8-9-10-11-12-13-14-18-22(33)31-23(25(27,28)29)32-24(34)30-21-17-15-16-20(26)19-21/h15-17,19,23H,2-14,18H2,1H3,(H,31,33)(H2,30,32,34)/t23-/m1/s1. The summed E-state index contributed by atoms with van der Waals surface area (Å²) >= 11 is 26.9. The molecule has 0 aliphatic rings. The zero-order valence-electron chi connectivity index (χ0n) is 20.1. The molecule has 0 aliphatic heterocycles. The average molecular weight is 616 g/mol. The molecule has 4 nitrogen and oxygen atoms in total. The SMILES string of the molecule is CCCCCCCCCCCCCCCC(=O)N[C@H](NC(=S)Nc1cccc(Br)c1)C(Cl)(Cl)Cl. The fraction of sp³-hybridized carbons (Fsp3) is 0.680. The van der Waals surface area contributed by atoms with Gasteiger partial charge in [-0.25, -0.2) is 0 Å². The number of nitrogens with one attached hydrogen (secondary N) is 3. The Bertz CT molecular complexity index is 719. The first-order valence-corrected chi connectivity index (χ1v) is 14.7. The Kier molecular flexibility index (Phi) is 17.7. The van der Waals surface area contributed by atoms with Crippen molar-refractivity contribution in [2.45, 2.75) is 107 Å². The number of amides is 1. The Labute approximate surface area is 234 Å². The number of alkyl halides is 3. The van der Waals surface area contributed by atoms with Gasteiger partial charge in [0.2, 0.25) is 9.70 Å². The molecule has 9 heteroatoms. The van der Waals surface area contributed by atoms with Crippen LogP contribution in [0.4, 0.5) is 5.69 Å². The summed E-state index contributed by atoms with van der Waals surface area (Å²) in [5.74, 6) is -0.169. The summed E-state index contributed by atoms with van der Waals surface area (Å²) in [5, 5.41) is 8.89. The minimum Gasteiger partial charge on any atom is -0.339 e. The quantitative estimate of drug-likeness (QED) is 0.0708. The molecule has 34 heavy (non-hydrogen) atoms. The number of hydrogen-bond acceptors (Lipinski definition) is 2. The maximum Gasteiger partial charge on any atom is 0.228 e. The lowest BCUT2D eigenvalue weighted by atomic mass is 10.0. The van der Waals surface area contributed by atoms with Crippen molar-refractivity contribution < 1.29 is 4.79 Å². The van der Waals surface area contributed by atoms with E-state index in [1.165, 1.54) is 64.2 Å². The second-order valence-electron chi connectivity index (χ2n) is 8.64. The van der Waals surface area contributed by atoms with Gasteiger partial charge < -0.3 is 16.0 Å². The van der Waals surface area contributed by atoms with E-state index in [0.29, 0.717) is 6.42 Å². The first-order valence-electron chi connectivity index (χ1n) is 12.4. The Balaban J connectivity index is 2.18. The van der Waals surface area contributed by atoms with Gasteiger partial charge in [-0.3, -0.25) is 4.79 Å². The van der Waals surface area contributed by atoms with Crippen LogP contribution in [0.1, 0.15) is 96.8 Å². The Morgan fingerprint density at radius 1 is 0.912 bits per heavy atom. The van der Waals surface area contributed by atoms with Crippen LogP contribution in [-0.4, -0.2) is 21.0 Å². The summed E-state index contributed by atoms with van der Waals surface area (Å²) in [4.78, 5) is 12.4. The molecule has 1 aromatic carbocycles. The van der Waals surface area contributed by atoms with Crippen LogP contribution < -0.4 is 16.0 Å². The molecule has 1 amide bonds. The molecule has 0 spiro atoms. The fourth-order valence-corrected chi connectivity index (χ4v) is 4.56. The lowest BCUT2D eigenvalue weighted by molar-refractivity contribution is -0.122. The molecule has 0 saturated carbocycles. The highest BCUT2D eigenvalue weighted by atomic mass is 79.9. The number of benzene rings is 1. The van der Waals surface area contributed by atoms with Gasteiger partial charge in [0.25, 0.3) is 0 Å². The van der Waals surface area contributed by atoms with Crippen LogP contribution in [0.2, 0.25) is 0 Å². The molecule has 1 atom stereocenters. The molecule has 0 unspecified atom stereocenters. The number of carbonyl (C=O) groups excluding carboxylic acids is 1. The van der Waals surface area contributed by atoms with Crippen molar-refractivity contribution in [1.82, 2.24) is 10.6 Å². The smallest absolute Gasteiger partial charge is 0.228 e. The number of carbonyl (C=O) groups is 1. The number of unbranched alkanes of at least 4 members (excludes halogenated alkanes) is 12. The van der Waals surface area contributed by atoms with Gasteiger partial charge in [-0.1, -0.05) is 141 Å². The highest BCUT2D eigenvalue weighted by molar-refractivity contribution is 9.10. The normalized spacial score (nSPS) is 12.3. The van der Waals surface area contributed by atoms with E-state index >= 15 is 0 Å². The van der Waals surface area contributed by atoms with E-state index < -0.39 is 9.96 Å². The lowest BCUT2D eigenvalue weighted by Crippen LogP contribution is -2.56. The highest BCUT2D eigenvalue weighted by Crippen LogP contribution is 2.29. The Morgan fingerprint density at radius 2 is 1.44 bits per heavy atom. The molecule has 0 saturated heterocycles. The van der Waals surface area contributed by atoms with Gasteiger partial charge in [0.15, 0.2) is 5.11 Å². The number of rotatable bonds is 17. The van der Waals surface area contributed by atoms with E-state index in [1.54, 1.807) is 0 Å². The monoisotopic (exact) mass is 613 g/mol. The van der Waals surface area contributed by atoms with Gasteiger partial charge in [0.1, 0.15) is 6.17 Å². The number of thiocarbonyl (C=S) groups is 1. The molecular formula is C25H39BrCl3N3OS. The van der Waals surface area contributed by atoms with E-state index in [1.807, 2.05) is 24.3 Å². The van der Waals surface area contributed by atoms with Crippen molar-refractivity contribution in [3.63, 3.8) is 0 Å². The average Bonchev–Trinajstić information content (AvgIpc) is 2.76. The number of hydrogen-bond donors (Lipinski definition) is 3. The largest absolute Gasteiger partial charge is 0.339 e. The van der Waals surface area contributed by atoms with Gasteiger partial charge in [-0.05, 0) is 36.8 Å². The van der Waals surface area contributed by atoms with Gasteiger partial charge >= 0.3 is 0 Å². The zero-order valence-corrected chi connectivity index (χ0v) is 24.8. The molecule has 0 aromatic heterocycles. The van der Waals surface area contributed by atoms with E-state index in [4.69, 9.17) is 47.0 Å². The Hall–Kier alpha value is -0.270. The third kappa shape index (κ3) is 16.4. The van der Waals surface area contributed by atoms with Crippen LogP contribution in [0.5, 0.6) is 0 Å². The summed E-state index contributed by atoms with van der Waals surface area (Å²) in [6.45, 7) is 2.26. The van der Waals surface area contributed by atoms with Crippen LogP contribution in [0, 0.1) is 0 Å². The first-order chi connectivity index (χ1) is 16.2. The van der Waals surface area contributed by atoms with Crippen molar-refractivity contribution in [3.8, 4) is 0 Å². The molecule has 194 valence electrons. The minimum absolute atomic E-state index is 0.169. The van der Waals surface area contributed by atoms with Crippen LogP contribution >= 0.6 is 63.0 Å². The molecular weight excluding hydrogens is 577 g/mol. The van der Waals surface area contributed by atoms with Gasteiger partial charge in [0, 0.05) is 16.6 Å². The Morgan fingerprint density at radius 3 is 1.94 bits per heavy atom. The van der Waals surface area contributed by atoms with Crippen LogP contribution in [-0.2, 0) is 4.79 Å². The van der Waals surface area contributed by atoms with Crippen LogP contribution in [0.3, 0.4) is 0 Å². The summed E-state index contributed by atoms with van der Waals surface area (Å²) in [6.07, 6.45) is 15.8. The maximum atomic E-state index is 12.4. The first kappa shape index (κ1) is 31.8. The molecule has 1 rings (SSSR count). The van der Waals surface area contributed by atoms with E-state index in [9.17, 15) is 4.79 Å². The van der Waals surface area contributed by atoms with Gasteiger partial charge in [0.05, 0.1) is 0 Å². The molecule has 0 bridgehead atoms. The van der Waals surface area contributed by atoms with Gasteiger partial charge in [-0.2, -0.15) is 0 Å². The van der Waals surface area contributed by atoms with Crippen molar-refractivity contribution in [3.05, 3.63) is 28.7 Å². The van der Waals surface area contributed by atoms with Crippen molar-refractivity contribution in [1.29, 1.82) is 0 Å². The fourth-order valence-electron chi connectivity index (χ4n) is 3.60. The molecule has 0 fully saturated rings. The molecule has 0 radical (unpaired) electrons. The van der Waals surface area contributed by atoms with Crippen molar-refractivity contribution in [2.75, 3.05) is 5.32 Å². The number of anilines is 1. The summed E-state index contributed by atoms with van der Waals surface area (Å²) in [7, 11) is 0. The van der Waals surface area contributed by atoms with Crippen LogP contribution in [0.25, 0.3) is 0 Å². The predicted molar refractivity (Wildman–Crippen MR) is 156 cm³/mol. The van der Waals surface area contributed by atoms with Gasteiger partial charge in [-0.15, -0.1) is 0 Å². The maximum absolute atomic E-state index is 12.4.